The number of halogens is 1. The third-order valence-electron chi connectivity index (χ3n) is 2.64. The molecule has 88 valence electrons. The summed E-state index contributed by atoms with van der Waals surface area (Å²) in [5.41, 5.74) is 5.06. The molecule has 1 heterocycles. The van der Waals surface area contributed by atoms with Crippen molar-refractivity contribution in [3.63, 3.8) is 0 Å². The third kappa shape index (κ3) is 3.27. The molecule has 1 aromatic heterocycles. The van der Waals surface area contributed by atoms with Crippen LogP contribution in [0.3, 0.4) is 0 Å². The summed E-state index contributed by atoms with van der Waals surface area (Å²) >= 11 is 5.76. The van der Waals surface area contributed by atoms with Gasteiger partial charge in [-0.25, -0.2) is 4.98 Å². The Balaban J connectivity index is 2.14. The van der Waals surface area contributed by atoms with Gasteiger partial charge in [0.15, 0.2) is 0 Å². The minimum absolute atomic E-state index is 0.0437. The second-order valence-electron chi connectivity index (χ2n) is 3.82. The van der Waals surface area contributed by atoms with Gasteiger partial charge in [0.05, 0.1) is 6.04 Å². The van der Waals surface area contributed by atoms with Crippen molar-refractivity contribution in [2.75, 3.05) is 0 Å². The zero-order valence-corrected chi connectivity index (χ0v) is 10.1. The van der Waals surface area contributed by atoms with Crippen molar-refractivity contribution in [1.29, 1.82) is 0 Å². The van der Waals surface area contributed by atoms with Crippen molar-refractivity contribution >= 4 is 11.6 Å². The Hall–Kier alpha value is -1.42. The molecular formula is C13H14ClN3. The van der Waals surface area contributed by atoms with Crippen molar-refractivity contribution in [2.24, 2.45) is 5.84 Å². The fourth-order valence-corrected chi connectivity index (χ4v) is 1.83. The SMILES string of the molecule is NNC(Cc1ccccc1)c1ccc(Cl)nc1. The highest BCUT2D eigenvalue weighted by Crippen LogP contribution is 2.18. The van der Waals surface area contributed by atoms with E-state index in [4.69, 9.17) is 17.4 Å². The number of pyridine rings is 1. The van der Waals surface area contributed by atoms with Gasteiger partial charge in [-0.1, -0.05) is 48.0 Å². The molecule has 2 aromatic rings. The van der Waals surface area contributed by atoms with Crippen LogP contribution in [-0.2, 0) is 6.42 Å². The molecule has 0 spiro atoms. The van der Waals surface area contributed by atoms with Crippen LogP contribution in [0.4, 0.5) is 0 Å². The van der Waals surface area contributed by atoms with E-state index in [2.05, 4.69) is 22.5 Å². The molecule has 0 aliphatic heterocycles. The highest BCUT2D eigenvalue weighted by molar-refractivity contribution is 6.29. The highest BCUT2D eigenvalue weighted by atomic mass is 35.5. The van der Waals surface area contributed by atoms with Gasteiger partial charge in [-0.2, -0.15) is 0 Å². The minimum Gasteiger partial charge on any atom is -0.271 e. The number of nitrogens with zero attached hydrogens (tertiary/aromatic N) is 1. The lowest BCUT2D eigenvalue weighted by atomic mass is 10.0. The zero-order valence-electron chi connectivity index (χ0n) is 9.31. The van der Waals surface area contributed by atoms with Gasteiger partial charge in [0.2, 0.25) is 0 Å². The lowest BCUT2D eigenvalue weighted by Gasteiger charge is -2.16. The summed E-state index contributed by atoms with van der Waals surface area (Å²) in [4.78, 5) is 4.06. The Morgan fingerprint density at radius 2 is 1.94 bits per heavy atom. The van der Waals surface area contributed by atoms with Crippen molar-refractivity contribution in [3.8, 4) is 0 Å². The van der Waals surface area contributed by atoms with Crippen LogP contribution in [0.15, 0.2) is 48.7 Å². The van der Waals surface area contributed by atoms with Crippen LogP contribution in [0.1, 0.15) is 17.2 Å². The van der Waals surface area contributed by atoms with E-state index in [1.54, 1.807) is 12.3 Å². The fourth-order valence-electron chi connectivity index (χ4n) is 1.72. The summed E-state index contributed by atoms with van der Waals surface area (Å²) in [6.45, 7) is 0. The van der Waals surface area contributed by atoms with Crippen LogP contribution in [0, 0.1) is 0 Å². The van der Waals surface area contributed by atoms with Crippen molar-refractivity contribution < 1.29 is 0 Å². The largest absolute Gasteiger partial charge is 0.271 e. The monoisotopic (exact) mass is 247 g/mol. The third-order valence-corrected chi connectivity index (χ3v) is 2.86. The molecule has 1 atom stereocenters. The molecule has 0 fully saturated rings. The van der Waals surface area contributed by atoms with Crippen LogP contribution in [0.25, 0.3) is 0 Å². The molecule has 1 unspecified atom stereocenters. The second kappa shape index (κ2) is 5.77. The molecule has 3 nitrogen and oxygen atoms in total. The average Bonchev–Trinajstić information content (AvgIpc) is 2.38. The lowest BCUT2D eigenvalue weighted by Crippen LogP contribution is -2.29. The molecule has 0 amide bonds. The average molecular weight is 248 g/mol. The number of hydrazine groups is 1. The summed E-state index contributed by atoms with van der Waals surface area (Å²) in [6, 6.07) is 13.9. The van der Waals surface area contributed by atoms with Gasteiger partial charge in [-0.05, 0) is 23.6 Å². The van der Waals surface area contributed by atoms with Gasteiger partial charge >= 0.3 is 0 Å². The van der Waals surface area contributed by atoms with Crippen molar-refractivity contribution in [2.45, 2.75) is 12.5 Å². The molecule has 0 aliphatic carbocycles. The summed E-state index contributed by atoms with van der Waals surface area (Å²) in [6.07, 6.45) is 2.57. The van der Waals surface area contributed by atoms with E-state index in [0.717, 1.165) is 12.0 Å². The van der Waals surface area contributed by atoms with Gasteiger partial charge in [0.25, 0.3) is 0 Å². The van der Waals surface area contributed by atoms with Gasteiger partial charge in [0, 0.05) is 6.20 Å². The van der Waals surface area contributed by atoms with E-state index >= 15 is 0 Å². The Bertz CT molecular complexity index is 456. The summed E-state index contributed by atoms with van der Waals surface area (Å²) in [7, 11) is 0. The predicted octanol–water partition coefficient (Wildman–Crippen LogP) is 2.48. The normalized spacial score (nSPS) is 12.4. The van der Waals surface area contributed by atoms with E-state index in [1.807, 2.05) is 24.3 Å². The molecular weight excluding hydrogens is 234 g/mol. The standard InChI is InChI=1S/C13H14ClN3/c14-13-7-6-11(9-16-13)12(17-15)8-10-4-2-1-3-5-10/h1-7,9,12,17H,8,15H2. The quantitative estimate of drug-likeness (QED) is 0.496. The molecule has 2 rings (SSSR count). The number of nitrogens with two attached hydrogens (primary N) is 1. The van der Waals surface area contributed by atoms with Crippen LogP contribution in [0.2, 0.25) is 5.15 Å². The predicted molar refractivity (Wildman–Crippen MR) is 69.5 cm³/mol. The first-order valence-electron chi connectivity index (χ1n) is 5.41. The Morgan fingerprint density at radius 1 is 1.18 bits per heavy atom. The summed E-state index contributed by atoms with van der Waals surface area (Å²) in [5, 5.41) is 0.490. The molecule has 0 saturated heterocycles. The molecule has 0 radical (unpaired) electrons. The van der Waals surface area contributed by atoms with E-state index in [1.165, 1.54) is 5.56 Å². The van der Waals surface area contributed by atoms with E-state index < -0.39 is 0 Å². The number of rotatable bonds is 4. The fraction of sp³-hybridized carbons (Fsp3) is 0.154. The topological polar surface area (TPSA) is 50.9 Å². The van der Waals surface area contributed by atoms with Gasteiger partial charge in [-0.3, -0.25) is 11.3 Å². The molecule has 1 aromatic carbocycles. The van der Waals surface area contributed by atoms with Crippen molar-refractivity contribution in [1.82, 2.24) is 10.4 Å². The Morgan fingerprint density at radius 3 is 2.53 bits per heavy atom. The molecule has 4 heteroatoms. The molecule has 17 heavy (non-hydrogen) atoms. The Kier molecular flexibility index (Phi) is 4.09. The number of nitrogens with one attached hydrogen (secondary N) is 1. The van der Waals surface area contributed by atoms with Crippen LogP contribution in [-0.4, -0.2) is 4.98 Å². The van der Waals surface area contributed by atoms with E-state index in [9.17, 15) is 0 Å². The minimum atomic E-state index is 0.0437. The molecule has 3 N–H and O–H groups in total. The van der Waals surface area contributed by atoms with Gasteiger partial charge in [0.1, 0.15) is 5.15 Å². The summed E-state index contributed by atoms with van der Waals surface area (Å²) in [5.74, 6) is 5.58. The maximum Gasteiger partial charge on any atom is 0.129 e. The summed E-state index contributed by atoms with van der Waals surface area (Å²) < 4.78 is 0. The first-order valence-corrected chi connectivity index (χ1v) is 5.79. The highest BCUT2D eigenvalue weighted by Gasteiger charge is 2.10. The first kappa shape index (κ1) is 12.0. The zero-order chi connectivity index (χ0) is 12.1. The van der Waals surface area contributed by atoms with E-state index in [0.29, 0.717) is 5.15 Å². The smallest absolute Gasteiger partial charge is 0.129 e. The number of benzene rings is 1. The van der Waals surface area contributed by atoms with Crippen LogP contribution < -0.4 is 11.3 Å². The first-order chi connectivity index (χ1) is 8.29. The van der Waals surface area contributed by atoms with Crippen LogP contribution >= 0.6 is 11.6 Å². The number of hydrogen-bond donors (Lipinski definition) is 2. The molecule has 0 bridgehead atoms. The maximum atomic E-state index is 5.76. The van der Waals surface area contributed by atoms with Gasteiger partial charge < -0.3 is 0 Å². The second-order valence-corrected chi connectivity index (χ2v) is 4.21. The number of aromatic nitrogens is 1. The molecule has 0 aliphatic rings. The number of hydrogen-bond acceptors (Lipinski definition) is 3. The maximum absolute atomic E-state index is 5.76. The van der Waals surface area contributed by atoms with Crippen LogP contribution in [0.5, 0.6) is 0 Å². The lowest BCUT2D eigenvalue weighted by molar-refractivity contribution is 0.550. The van der Waals surface area contributed by atoms with E-state index in [-0.39, 0.29) is 6.04 Å². The van der Waals surface area contributed by atoms with Gasteiger partial charge in [-0.15, -0.1) is 0 Å². The Labute approximate surface area is 106 Å². The van der Waals surface area contributed by atoms with Crippen molar-refractivity contribution in [3.05, 3.63) is 64.9 Å². The molecule has 0 saturated carbocycles.